The molecule has 768 valence electrons. The number of anilines is 2. The SMILES string of the molecule is CCCc1c(C#N)c(C#Cc2cc3ncn(C4CC4)c3cc2F)nn1[C@H]1C[C@H](COC)N(C(=O)OC(C)(C)C)C1.CCN(C(=O)OC(C)(C)C)c1c(C#N)c(Br)nn1[C@H]1C[C@H](COC)N(C(=O)OC(C)(C)C)C1.C[Si](C)(C)C#Cc1cc2ncn(C3CC3)c2cc1F.[C-]#[N+]c1c(Br)nn([C@H]2C[C@H](COC)N(C(=O)OC(C)(C)C)C2)c1Br.[C-]#[N+]c1c(Br)nn([C@H]2C[C@H](COC)N(C(=O)OC(C)(C)C)C2)c1NCC. The van der Waals surface area contributed by atoms with Crippen molar-refractivity contribution in [3.05, 3.63) is 123 Å². The molecule has 2 aliphatic carbocycles. The Labute approximate surface area is 865 Å². The van der Waals surface area contributed by atoms with E-state index in [4.69, 9.17) is 60.9 Å². The molecule has 2 saturated carbocycles. The monoisotopic (exact) mass is 2230 g/mol. The first-order valence-electron chi connectivity index (χ1n) is 47.4. The number of fused-ring (bicyclic) bond motifs is 2. The lowest BCUT2D eigenvalue weighted by molar-refractivity contribution is 0.0136. The van der Waals surface area contributed by atoms with Crippen LogP contribution in [-0.4, -0.2) is 263 Å². The van der Waals surface area contributed by atoms with Gasteiger partial charge in [0.25, 0.3) is 11.4 Å². The van der Waals surface area contributed by atoms with Gasteiger partial charge in [-0.2, -0.15) is 30.9 Å². The number of carbonyl (C=O) groups is 5. The van der Waals surface area contributed by atoms with Crippen molar-refractivity contribution in [2.75, 3.05) is 104 Å². The summed E-state index contributed by atoms with van der Waals surface area (Å²) in [5.41, 5.74) is 6.51. The predicted octanol–water partition coefficient (Wildman–Crippen LogP) is 21.3. The molecule has 4 aliphatic heterocycles. The van der Waals surface area contributed by atoms with E-state index in [9.17, 15) is 38.9 Å². The summed E-state index contributed by atoms with van der Waals surface area (Å²) in [4.78, 5) is 87.8. The van der Waals surface area contributed by atoms with Crippen molar-refractivity contribution in [1.82, 2.24) is 77.8 Å². The van der Waals surface area contributed by atoms with Crippen LogP contribution in [-0.2, 0) is 49.1 Å². The maximum Gasteiger partial charge on any atom is 0.416 e. The Hall–Kier alpha value is -10.7. The van der Waals surface area contributed by atoms with Crippen molar-refractivity contribution in [2.24, 2.45) is 0 Å². The Morgan fingerprint density at radius 1 is 0.500 bits per heavy atom. The molecule has 8 aromatic rings. The van der Waals surface area contributed by atoms with Crippen LogP contribution in [0.1, 0.15) is 252 Å². The number of halogens is 6. The fraction of sp³-hybridized carbons (Fsp3) is 0.606. The van der Waals surface area contributed by atoms with Crippen LogP contribution in [0.25, 0.3) is 31.8 Å². The summed E-state index contributed by atoms with van der Waals surface area (Å²) in [5.74, 6) is 9.18. The minimum absolute atomic E-state index is 0.0566. The van der Waals surface area contributed by atoms with Crippen molar-refractivity contribution in [2.45, 2.75) is 297 Å². The fourth-order valence-corrected chi connectivity index (χ4v) is 19.5. The molecule has 5 amide bonds. The molecule has 6 aliphatic rings. The van der Waals surface area contributed by atoms with Crippen LogP contribution in [0.4, 0.5) is 55.8 Å². The number of benzene rings is 2. The maximum absolute atomic E-state index is 15.1. The molecule has 2 aromatic carbocycles. The van der Waals surface area contributed by atoms with Gasteiger partial charge in [-0.3, -0.25) is 18.9 Å². The van der Waals surface area contributed by atoms with Gasteiger partial charge in [-0.25, -0.2) is 57.1 Å². The first kappa shape index (κ1) is 113. The molecule has 8 atom stereocenters. The highest BCUT2D eigenvalue weighted by Crippen LogP contribution is 2.45. The molecule has 0 unspecified atom stereocenters. The fourth-order valence-electron chi connectivity index (χ4n) is 16.8. The molecule has 1 N–H and O–H groups in total. The number of nitriles is 2. The molecule has 0 spiro atoms. The summed E-state index contributed by atoms with van der Waals surface area (Å²) < 4.78 is 91.3. The van der Waals surface area contributed by atoms with Crippen LogP contribution < -0.4 is 10.2 Å². The average Bonchev–Trinajstić information content (AvgIpc) is 1.57. The average molecular weight is 2240 g/mol. The Morgan fingerprint density at radius 2 is 0.873 bits per heavy atom. The van der Waals surface area contributed by atoms with Gasteiger partial charge in [0.15, 0.2) is 11.5 Å². The van der Waals surface area contributed by atoms with Crippen LogP contribution in [0.15, 0.2) is 55.3 Å². The van der Waals surface area contributed by atoms with Crippen molar-refractivity contribution >= 4 is 147 Å². The lowest BCUT2D eigenvalue weighted by Crippen LogP contribution is -2.42. The van der Waals surface area contributed by atoms with E-state index in [1.165, 1.54) is 23.8 Å². The Kier molecular flexibility index (Phi) is 38.2. The third-order valence-corrected chi connectivity index (χ3v) is 26.2. The summed E-state index contributed by atoms with van der Waals surface area (Å²) in [6.45, 7) is 58.2. The van der Waals surface area contributed by atoms with E-state index >= 15 is 4.39 Å². The molecule has 142 heavy (non-hydrogen) atoms. The van der Waals surface area contributed by atoms with E-state index in [-0.39, 0.29) is 84.0 Å². The third kappa shape index (κ3) is 29.3. The number of ether oxygens (including phenoxy) is 9. The van der Waals surface area contributed by atoms with E-state index in [1.807, 2.05) is 113 Å². The number of aromatic nitrogens is 12. The molecule has 43 heteroatoms. The normalized spacial score (nSPS) is 19.0. The number of nitrogens with one attached hydrogen (secondary N) is 1. The minimum Gasteiger partial charge on any atom is -0.444 e. The minimum atomic E-state index is -1.49. The van der Waals surface area contributed by atoms with Gasteiger partial charge in [0.1, 0.15) is 95.2 Å². The first-order chi connectivity index (χ1) is 66.7. The molecule has 10 heterocycles. The number of nitrogens with zero attached hydrogens (tertiary/aromatic N) is 21. The molecule has 6 aromatic heterocycles. The van der Waals surface area contributed by atoms with Crippen LogP contribution in [0.5, 0.6) is 0 Å². The zero-order chi connectivity index (χ0) is 105. The molecular weight excluding hydrogens is 2110 g/mol. The van der Waals surface area contributed by atoms with Gasteiger partial charge < -0.3 is 76.7 Å². The smallest absolute Gasteiger partial charge is 0.416 e. The van der Waals surface area contributed by atoms with Crippen LogP contribution >= 0.6 is 63.7 Å². The van der Waals surface area contributed by atoms with Crippen LogP contribution in [0, 0.1) is 70.7 Å². The van der Waals surface area contributed by atoms with E-state index in [2.05, 4.69) is 164 Å². The number of likely N-dealkylation sites (tertiary alicyclic amines) is 4. The first-order valence-corrected chi connectivity index (χ1v) is 54.1. The highest BCUT2D eigenvalue weighted by Gasteiger charge is 2.46. The van der Waals surface area contributed by atoms with E-state index < -0.39 is 60.2 Å². The number of imidazole rings is 2. The van der Waals surface area contributed by atoms with Crippen molar-refractivity contribution in [3.63, 3.8) is 0 Å². The lowest BCUT2D eigenvalue weighted by Gasteiger charge is -2.28. The van der Waals surface area contributed by atoms with Gasteiger partial charge in [0, 0.05) is 91.9 Å². The quantitative estimate of drug-likeness (QED) is 0.0320. The zero-order valence-corrected chi connectivity index (χ0v) is 93.1. The van der Waals surface area contributed by atoms with Gasteiger partial charge in [0.05, 0.1) is 139 Å². The molecule has 0 radical (unpaired) electrons. The third-order valence-electron chi connectivity index (χ3n) is 22.9. The van der Waals surface area contributed by atoms with Gasteiger partial charge in [-0.05, 0) is 257 Å². The number of methoxy groups -OCH3 is 4. The largest absolute Gasteiger partial charge is 0.444 e. The zero-order valence-electron chi connectivity index (χ0n) is 85.8. The number of rotatable bonds is 20. The van der Waals surface area contributed by atoms with Crippen molar-refractivity contribution in [3.8, 4) is 35.4 Å². The summed E-state index contributed by atoms with van der Waals surface area (Å²) >= 11 is 13.4. The second-order valence-corrected chi connectivity index (χ2v) is 49.2. The Balaban J connectivity index is 0.000000187. The molecule has 36 nitrogen and oxygen atoms in total. The molecular formula is C99H132Br4F2N22O14Si. The van der Waals surface area contributed by atoms with Crippen molar-refractivity contribution in [1.29, 1.82) is 10.5 Å². The van der Waals surface area contributed by atoms with Crippen molar-refractivity contribution < 1.29 is 75.4 Å². The van der Waals surface area contributed by atoms with Gasteiger partial charge in [0.2, 0.25) is 0 Å². The number of carbonyl (C=O) groups excluding carboxylic acids is 5. The molecule has 14 rings (SSSR count). The molecule has 4 saturated heterocycles. The van der Waals surface area contributed by atoms with Gasteiger partial charge in [-0.1, -0.05) is 44.8 Å². The Morgan fingerprint density at radius 3 is 1.23 bits per heavy atom. The van der Waals surface area contributed by atoms with Gasteiger partial charge in [-0.15, -0.1) is 5.54 Å². The van der Waals surface area contributed by atoms with Crippen LogP contribution in [0.2, 0.25) is 19.6 Å². The van der Waals surface area contributed by atoms with E-state index in [1.54, 1.807) is 114 Å². The number of hydrogen-bond acceptors (Lipinski definition) is 23. The number of amides is 5. The van der Waals surface area contributed by atoms with Crippen LogP contribution in [0.3, 0.4) is 0 Å². The Bertz CT molecular complexity index is 6170. The number of hydrogen-bond donors (Lipinski definition) is 1. The summed E-state index contributed by atoms with van der Waals surface area (Å²) in [6, 6.07) is 10.6. The second kappa shape index (κ2) is 47.9. The van der Waals surface area contributed by atoms with Gasteiger partial charge >= 0.3 is 30.5 Å². The highest BCUT2D eigenvalue weighted by atomic mass is 79.9. The molecule has 0 bridgehead atoms. The highest BCUT2D eigenvalue weighted by molar-refractivity contribution is 9.11. The maximum atomic E-state index is 15.1. The van der Waals surface area contributed by atoms with E-state index in [0.717, 1.165) is 41.5 Å². The predicted molar refractivity (Wildman–Crippen MR) is 550 cm³/mol. The summed E-state index contributed by atoms with van der Waals surface area (Å²) in [6.07, 6.45) is 9.81. The van der Waals surface area contributed by atoms with E-state index in [0.29, 0.717) is 167 Å². The second-order valence-electron chi connectivity index (χ2n) is 41.5. The summed E-state index contributed by atoms with van der Waals surface area (Å²) in [7, 11) is 4.92. The topological polar surface area (TPSA) is 360 Å². The standard InChI is InChI=1S/C30H35FN6O3.C22H34BrN5O5.C17H26BrN5O3.C15H20Br2N4O3.C15H17FN2Si/c1-6-7-27-23(15-32)25(11-8-19-12-26-28(14-24(19)31)36(18-33-26)20-9-10-20)34-37(27)21-13-22(17-39-5)35(16-21)29(38)40-30(2,3)4;1-9-26(19(29)32-21(2,3)4)18-16(11-24)17(23)25-28(18)14-10-15(13-31-8)27(12-14)20(30)33-22(5,6)7;1-7-20-15-13(19-5)14(18)21-23(15)11-8-12(10-25-6)22(9-11)16(24)26-17(2,3)4;1-15(2,3)24-14(22)20-7-9(6-10(20)8-23-5)21-13(17)11(18-4)12(16)19-21;1-19(2,3)7-6-11-8-14-15(9-13(11)16)18(10-17-14)12-4-5-12/h12,14,18,20-22H,6-7,9-10,13,16-17H2,1-5H3;14-15H,9-10,12-13H2,1-8H3;11-12,20H,7-10H2,1-4,6H3;9-10H,6-8H2,1-3,5H3;8-10,12H,4-5H2,1-3H3/t21-,22+;14-,15+;11-,12+;9-,10+;/m0000./s1. The molecule has 6 fully saturated rings. The lowest BCUT2D eigenvalue weighted by atomic mass is 10.1. The summed E-state index contributed by atoms with van der Waals surface area (Å²) in [5, 5.41) is 41.2.